The quantitative estimate of drug-likeness (QED) is 0.0825. The molecule has 0 heterocycles. The molecule has 2 unspecified atom stereocenters. The van der Waals surface area contributed by atoms with Crippen LogP contribution < -0.4 is 0 Å². The van der Waals surface area contributed by atoms with Crippen molar-refractivity contribution in [1.29, 1.82) is 0 Å². The van der Waals surface area contributed by atoms with E-state index in [9.17, 15) is 0 Å². The molecule has 0 saturated heterocycles. The normalized spacial score (nSPS) is 16.9. The average Bonchev–Trinajstić information content (AvgIpc) is 3.66. The van der Waals surface area contributed by atoms with Crippen molar-refractivity contribution in [2.75, 3.05) is 0 Å². The minimum Gasteiger partial charge on any atom is -0.254 e. The molecule has 0 bridgehead atoms. The molecule has 330 valence electrons. The highest BCUT2D eigenvalue weighted by Gasteiger charge is 2.49. The molecule has 2 nitrogen and oxygen atoms in total. The second kappa shape index (κ2) is 17.8. The molecular weight excluding hydrogens is 833 g/mol. The van der Waals surface area contributed by atoms with Gasteiger partial charge in [-0.15, -0.1) is 6.58 Å². The van der Waals surface area contributed by atoms with Gasteiger partial charge in [0, 0.05) is 17.2 Å². The average molecular weight is 885 g/mol. The maximum absolute atomic E-state index is 5.36. The molecule has 0 radical (unpaired) electrons. The molecule has 0 fully saturated rings. The van der Waals surface area contributed by atoms with Crippen LogP contribution in [0, 0.1) is 0 Å². The third-order valence-corrected chi connectivity index (χ3v) is 14.8. The molecule has 1 spiro atoms. The molecule has 0 amide bonds. The molecule has 0 aromatic heterocycles. The zero-order valence-corrected chi connectivity index (χ0v) is 38.9. The zero-order chi connectivity index (χ0) is 46.3. The van der Waals surface area contributed by atoms with E-state index in [-0.39, 0.29) is 12.0 Å². The van der Waals surface area contributed by atoms with Gasteiger partial charge in [0.25, 0.3) is 0 Å². The van der Waals surface area contributed by atoms with Crippen LogP contribution in [0.25, 0.3) is 44.5 Å². The third kappa shape index (κ3) is 7.36. The van der Waals surface area contributed by atoms with Crippen molar-refractivity contribution in [2.45, 2.75) is 43.6 Å². The summed E-state index contributed by atoms with van der Waals surface area (Å²) in [6.07, 6.45) is 16.7. The summed E-state index contributed by atoms with van der Waals surface area (Å²) >= 11 is 0. The van der Waals surface area contributed by atoms with E-state index >= 15 is 0 Å². The summed E-state index contributed by atoms with van der Waals surface area (Å²) in [5.74, 6) is 0.916. The van der Waals surface area contributed by atoms with Gasteiger partial charge in [0.15, 0.2) is 5.84 Å². The fraction of sp³-hybridized carbons (Fsp3) is 0.104. The summed E-state index contributed by atoms with van der Waals surface area (Å²) < 4.78 is 0. The molecule has 0 saturated carbocycles. The standard InChI is InChI=1S/C67H52N2/c1-3-65(48-22-8-5-9-23-48)69-66(49-38-36-47(37-39-49)46-20-6-4-7-21-46)68-45(2)50-24-18-25-51(42-50)52-26-19-27-53(43-52)54-40-41-60-59-32-14-17-35-63(59)67(64(60)44-54)61-33-15-12-30-57(61)55-28-10-11-29-56(55)58-31-13-16-34-62(58)67/h3-17,19-23,25-26,28-44,53,65H,1,18,24,27H2,2H3. The maximum Gasteiger partial charge on any atom is 0.155 e. The van der Waals surface area contributed by atoms with Crippen molar-refractivity contribution < 1.29 is 0 Å². The minimum atomic E-state index is -0.496. The Morgan fingerprint density at radius 1 is 0.580 bits per heavy atom. The number of amidine groups is 1. The van der Waals surface area contributed by atoms with Crippen LogP contribution in [0.15, 0.2) is 270 Å². The number of fused-ring (bicyclic) bond motifs is 12. The Morgan fingerprint density at radius 3 is 1.77 bits per heavy atom. The van der Waals surface area contributed by atoms with E-state index in [4.69, 9.17) is 9.98 Å². The summed E-state index contributed by atoms with van der Waals surface area (Å²) in [5, 5.41) is 0. The van der Waals surface area contributed by atoms with Crippen molar-refractivity contribution in [3.8, 4) is 44.5 Å². The van der Waals surface area contributed by atoms with Crippen LogP contribution in [0.4, 0.5) is 0 Å². The highest BCUT2D eigenvalue weighted by atomic mass is 14.9. The van der Waals surface area contributed by atoms with Gasteiger partial charge in [0.1, 0.15) is 0 Å². The second-order valence-corrected chi connectivity index (χ2v) is 18.7. The van der Waals surface area contributed by atoms with Gasteiger partial charge >= 0.3 is 0 Å². The number of benzene rings is 8. The van der Waals surface area contributed by atoms with Gasteiger partial charge in [-0.05, 0) is 127 Å². The lowest BCUT2D eigenvalue weighted by atomic mass is 9.65. The molecule has 4 aliphatic rings. The molecule has 69 heavy (non-hydrogen) atoms. The van der Waals surface area contributed by atoms with E-state index in [1.807, 2.05) is 12.1 Å². The van der Waals surface area contributed by atoms with E-state index in [1.54, 1.807) is 0 Å². The Bertz CT molecular complexity index is 3420. The predicted octanol–water partition coefficient (Wildman–Crippen LogP) is 16.8. The van der Waals surface area contributed by atoms with Crippen LogP contribution in [0.2, 0.25) is 0 Å². The highest BCUT2D eigenvalue weighted by Crippen LogP contribution is 2.61. The van der Waals surface area contributed by atoms with E-state index in [0.717, 1.165) is 41.7 Å². The van der Waals surface area contributed by atoms with Gasteiger partial charge in [-0.25, -0.2) is 4.99 Å². The second-order valence-electron chi connectivity index (χ2n) is 18.7. The summed E-state index contributed by atoms with van der Waals surface area (Å²) in [6.45, 7) is 6.33. The Kier molecular flexibility index (Phi) is 10.9. The smallest absolute Gasteiger partial charge is 0.155 e. The van der Waals surface area contributed by atoms with E-state index < -0.39 is 5.41 Å². The molecule has 8 aromatic carbocycles. The monoisotopic (exact) mass is 884 g/mol. The predicted molar refractivity (Wildman–Crippen MR) is 289 cm³/mol. The number of nitrogens with zero attached hydrogens (tertiary/aromatic N) is 2. The highest BCUT2D eigenvalue weighted by molar-refractivity contribution is 6.12. The van der Waals surface area contributed by atoms with Crippen LogP contribution in [0.1, 0.15) is 77.1 Å². The van der Waals surface area contributed by atoms with Gasteiger partial charge in [0.2, 0.25) is 0 Å². The van der Waals surface area contributed by atoms with Crippen LogP contribution in [-0.2, 0) is 5.41 Å². The van der Waals surface area contributed by atoms with E-state index in [0.29, 0.717) is 5.84 Å². The molecule has 4 aliphatic carbocycles. The largest absolute Gasteiger partial charge is 0.254 e. The van der Waals surface area contributed by atoms with Gasteiger partial charge in [0.05, 0.1) is 11.5 Å². The van der Waals surface area contributed by atoms with Gasteiger partial charge in [-0.3, -0.25) is 4.99 Å². The van der Waals surface area contributed by atoms with Crippen LogP contribution in [0.5, 0.6) is 0 Å². The van der Waals surface area contributed by atoms with Crippen LogP contribution in [-0.4, -0.2) is 11.5 Å². The van der Waals surface area contributed by atoms with Crippen molar-refractivity contribution in [3.63, 3.8) is 0 Å². The Labute approximate surface area is 406 Å². The molecule has 2 heteroatoms. The summed E-state index contributed by atoms with van der Waals surface area (Å²) in [6, 6.07) is 73.0. The molecule has 0 N–H and O–H groups in total. The third-order valence-electron chi connectivity index (χ3n) is 14.8. The summed E-state index contributed by atoms with van der Waals surface area (Å²) in [5.41, 5.74) is 23.2. The van der Waals surface area contributed by atoms with Crippen molar-refractivity contribution >= 4 is 11.5 Å². The summed E-state index contributed by atoms with van der Waals surface area (Å²) in [7, 11) is 0. The number of hydrogen-bond donors (Lipinski definition) is 0. The minimum absolute atomic E-state index is 0.213. The molecular formula is C67H52N2. The first-order valence-electron chi connectivity index (χ1n) is 24.4. The lowest BCUT2D eigenvalue weighted by Crippen LogP contribution is -2.29. The van der Waals surface area contributed by atoms with E-state index in [2.05, 4.69) is 238 Å². The number of rotatable bonds is 8. The van der Waals surface area contributed by atoms with Crippen molar-refractivity contribution in [3.05, 3.63) is 299 Å². The summed E-state index contributed by atoms with van der Waals surface area (Å²) in [4.78, 5) is 10.6. The fourth-order valence-corrected chi connectivity index (χ4v) is 11.5. The first-order valence-corrected chi connectivity index (χ1v) is 24.4. The number of aliphatic imine (C=N–C) groups is 2. The topological polar surface area (TPSA) is 24.7 Å². The molecule has 2 atom stereocenters. The van der Waals surface area contributed by atoms with Gasteiger partial charge < -0.3 is 0 Å². The molecule has 8 aromatic rings. The molecule has 0 aliphatic heterocycles. The van der Waals surface area contributed by atoms with Gasteiger partial charge in [-0.1, -0.05) is 231 Å². The van der Waals surface area contributed by atoms with E-state index in [1.165, 1.54) is 83.5 Å². The van der Waals surface area contributed by atoms with Gasteiger partial charge in [-0.2, -0.15) is 0 Å². The number of allylic oxidation sites excluding steroid dienone is 8. The maximum atomic E-state index is 5.36. The lowest BCUT2D eigenvalue weighted by Gasteiger charge is -2.35. The Morgan fingerprint density at radius 2 is 1.13 bits per heavy atom. The first-order chi connectivity index (χ1) is 34.1. The molecule has 12 rings (SSSR count). The zero-order valence-electron chi connectivity index (χ0n) is 38.9. The SMILES string of the molecule is C=CC(N=C(N=C(C)C1=CC(C2=CC(c3ccc4c(c3)C3(c5ccccc5-c5ccccc5-c5ccccc53)c3ccccc3-4)CC=C2)=CCC1)c1ccc(-c2ccccc2)cc1)c1ccccc1. The Balaban J connectivity index is 0.917. The lowest BCUT2D eigenvalue weighted by molar-refractivity contribution is 0.767. The van der Waals surface area contributed by atoms with Crippen molar-refractivity contribution in [2.24, 2.45) is 9.98 Å². The van der Waals surface area contributed by atoms with Crippen LogP contribution >= 0.6 is 0 Å². The number of hydrogen-bond acceptors (Lipinski definition) is 1. The Hall–Kier alpha value is -8.20. The van der Waals surface area contributed by atoms with Crippen LogP contribution in [0.3, 0.4) is 0 Å². The van der Waals surface area contributed by atoms with Crippen molar-refractivity contribution in [1.82, 2.24) is 0 Å². The fourth-order valence-electron chi connectivity index (χ4n) is 11.5. The first kappa shape index (κ1) is 42.2.